The highest BCUT2D eigenvalue weighted by Crippen LogP contribution is 2.15. The van der Waals surface area contributed by atoms with Crippen LogP contribution < -0.4 is 4.74 Å². The molecule has 0 N–H and O–H groups in total. The van der Waals surface area contributed by atoms with Gasteiger partial charge in [-0.25, -0.2) is 4.39 Å². The van der Waals surface area contributed by atoms with E-state index >= 15 is 0 Å². The lowest BCUT2D eigenvalue weighted by molar-refractivity contribution is 0.192. The van der Waals surface area contributed by atoms with Gasteiger partial charge in [-0.15, -0.1) is 0 Å². The van der Waals surface area contributed by atoms with Crippen LogP contribution in [0.2, 0.25) is 0 Å². The van der Waals surface area contributed by atoms with E-state index in [9.17, 15) is 4.39 Å². The summed E-state index contributed by atoms with van der Waals surface area (Å²) < 4.78 is 18.1. The van der Waals surface area contributed by atoms with Crippen LogP contribution in [0.25, 0.3) is 0 Å². The molecule has 1 aromatic carbocycles. The summed E-state index contributed by atoms with van der Waals surface area (Å²) in [5, 5.41) is 0. The predicted octanol–water partition coefficient (Wildman–Crippen LogP) is 3.39. The normalized spacial score (nSPS) is 10.5. The van der Waals surface area contributed by atoms with Gasteiger partial charge in [0.2, 0.25) is 0 Å². The summed E-state index contributed by atoms with van der Waals surface area (Å²) in [6.07, 6.45) is 2.20. The number of rotatable bonds is 4. The van der Waals surface area contributed by atoms with E-state index in [2.05, 4.69) is 13.8 Å². The maximum Gasteiger partial charge on any atom is 0.123 e. The summed E-state index contributed by atoms with van der Waals surface area (Å²) in [6, 6.07) is 6.15. The van der Waals surface area contributed by atoms with Gasteiger partial charge >= 0.3 is 0 Å². The van der Waals surface area contributed by atoms with Gasteiger partial charge in [-0.1, -0.05) is 13.8 Å². The van der Waals surface area contributed by atoms with Crippen molar-refractivity contribution in [2.45, 2.75) is 32.8 Å². The molecule has 0 amide bonds. The molecule has 1 nitrogen and oxygen atoms in total. The van der Waals surface area contributed by atoms with Crippen molar-refractivity contribution >= 4 is 0 Å². The maximum absolute atomic E-state index is 12.5. The standard InChI is InChI=1S/C11H15FO/c1-3-10(4-2)13-11-7-5-9(12)6-8-11/h5-8,10H,3-4H2,1-2H3. The van der Waals surface area contributed by atoms with E-state index in [-0.39, 0.29) is 11.9 Å². The van der Waals surface area contributed by atoms with E-state index in [4.69, 9.17) is 4.74 Å². The van der Waals surface area contributed by atoms with E-state index in [1.165, 1.54) is 12.1 Å². The number of benzene rings is 1. The molecule has 1 aromatic rings. The molecule has 0 unspecified atom stereocenters. The largest absolute Gasteiger partial charge is 0.490 e. The van der Waals surface area contributed by atoms with Gasteiger partial charge in [0.15, 0.2) is 0 Å². The second kappa shape index (κ2) is 4.85. The van der Waals surface area contributed by atoms with Crippen LogP contribution in [0.15, 0.2) is 24.3 Å². The van der Waals surface area contributed by atoms with Gasteiger partial charge in [0.05, 0.1) is 6.10 Å². The highest BCUT2D eigenvalue weighted by molar-refractivity contribution is 5.22. The predicted molar refractivity (Wildman–Crippen MR) is 51.4 cm³/mol. The molecule has 72 valence electrons. The Morgan fingerprint density at radius 1 is 1.15 bits per heavy atom. The van der Waals surface area contributed by atoms with Crippen LogP contribution in [0.1, 0.15) is 26.7 Å². The molecule has 0 aromatic heterocycles. The summed E-state index contributed by atoms with van der Waals surface area (Å²) in [6.45, 7) is 4.16. The molecule has 0 atom stereocenters. The fourth-order valence-electron chi connectivity index (χ4n) is 1.16. The topological polar surface area (TPSA) is 9.23 Å². The summed E-state index contributed by atoms with van der Waals surface area (Å²) in [7, 11) is 0. The number of halogens is 1. The minimum Gasteiger partial charge on any atom is -0.490 e. The zero-order chi connectivity index (χ0) is 9.68. The Labute approximate surface area is 78.5 Å². The average Bonchev–Trinajstić information content (AvgIpc) is 2.17. The molecular formula is C11H15FO. The molecule has 0 radical (unpaired) electrons. The SMILES string of the molecule is CCC(CC)Oc1ccc(F)cc1. The Morgan fingerprint density at radius 2 is 1.69 bits per heavy atom. The molecule has 0 fully saturated rings. The van der Waals surface area contributed by atoms with Crippen LogP contribution in [0.3, 0.4) is 0 Å². The quantitative estimate of drug-likeness (QED) is 0.693. The first kappa shape index (κ1) is 10.0. The van der Waals surface area contributed by atoms with Crippen molar-refractivity contribution in [2.75, 3.05) is 0 Å². The molecule has 0 saturated heterocycles. The Morgan fingerprint density at radius 3 is 2.15 bits per heavy atom. The van der Waals surface area contributed by atoms with Crippen molar-refractivity contribution in [2.24, 2.45) is 0 Å². The van der Waals surface area contributed by atoms with Crippen molar-refractivity contribution in [3.05, 3.63) is 30.1 Å². The smallest absolute Gasteiger partial charge is 0.123 e. The van der Waals surface area contributed by atoms with E-state index in [1.807, 2.05) is 0 Å². The second-order valence-electron chi connectivity index (χ2n) is 3.01. The van der Waals surface area contributed by atoms with Crippen molar-refractivity contribution in [3.8, 4) is 5.75 Å². The van der Waals surface area contributed by atoms with Gasteiger partial charge in [0.25, 0.3) is 0 Å². The average molecular weight is 182 g/mol. The molecule has 2 heteroatoms. The van der Waals surface area contributed by atoms with Crippen LogP contribution in [-0.4, -0.2) is 6.10 Å². The third-order valence-electron chi connectivity index (χ3n) is 2.03. The highest BCUT2D eigenvalue weighted by Gasteiger charge is 2.04. The maximum atomic E-state index is 12.5. The Bertz CT molecular complexity index is 239. The van der Waals surface area contributed by atoms with Crippen LogP contribution in [0.5, 0.6) is 5.75 Å². The molecular weight excluding hydrogens is 167 g/mol. The second-order valence-corrected chi connectivity index (χ2v) is 3.01. The van der Waals surface area contributed by atoms with Crippen molar-refractivity contribution < 1.29 is 9.13 Å². The monoisotopic (exact) mass is 182 g/mol. The Kier molecular flexibility index (Phi) is 3.74. The van der Waals surface area contributed by atoms with Gasteiger partial charge in [0.1, 0.15) is 11.6 Å². The minimum absolute atomic E-state index is 0.225. The van der Waals surface area contributed by atoms with Crippen molar-refractivity contribution in [1.29, 1.82) is 0 Å². The third-order valence-corrected chi connectivity index (χ3v) is 2.03. The third kappa shape index (κ3) is 3.05. The molecule has 0 spiro atoms. The van der Waals surface area contributed by atoms with E-state index < -0.39 is 0 Å². The summed E-state index contributed by atoms with van der Waals surface area (Å²) in [5.41, 5.74) is 0. The first-order valence-corrected chi connectivity index (χ1v) is 4.68. The number of hydrogen-bond donors (Lipinski definition) is 0. The molecule has 0 aliphatic carbocycles. The van der Waals surface area contributed by atoms with Crippen LogP contribution in [0.4, 0.5) is 4.39 Å². The van der Waals surface area contributed by atoms with Crippen LogP contribution in [-0.2, 0) is 0 Å². The van der Waals surface area contributed by atoms with Crippen molar-refractivity contribution in [3.63, 3.8) is 0 Å². The minimum atomic E-state index is -0.225. The van der Waals surface area contributed by atoms with Gasteiger partial charge in [-0.3, -0.25) is 0 Å². The summed E-state index contributed by atoms with van der Waals surface area (Å²) in [5.74, 6) is 0.520. The molecule has 13 heavy (non-hydrogen) atoms. The summed E-state index contributed by atoms with van der Waals surface area (Å²) in [4.78, 5) is 0. The van der Waals surface area contributed by atoms with E-state index in [0.29, 0.717) is 0 Å². The zero-order valence-corrected chi connectivity index (χ0v) is 8.09. The molecule has 1 rings (SSSR count). The van der Waals surface area contributed by atoms with Gasteiger partial charge < -0.3 is 4.74 Å². The van der Waals surface area contributed by atoms with Crippen molar-refractivity contribution in [1.82, 2.24) is 0 Å². The fourth-order valence-corrected chi connectivity index (χ4v) is 1.16. The fraction of sp³-hybridized carbons (Fsp3) is 0.455. The Balaban J connectivity index is 2.58. The molecule has 0 aliphatic rings. The van der Waals surface area contributed by atoms with E-state index in [0.717, 1.165) is 18.6 Å². The molecule has 0 heterocycles. The first-order valence-electron chi connectivity index (χ1n) is 4.68. The highest BCUT2D eigenvalue weighted by atomic mass is 19.1. The first-order chi connectivity index (χ1) is 6.26. The van der Waals surface area contributed by atoms with Crippen LogP contribution >= 0.6 is 0 Å². The number of ether oxygens (including phenoxy) is 1. The van der Waals surface area contributed by atoms with Gasteiger partial charge in [-0.05, 0) is 37.1 Å². The lowest BCUT2D eigenvalue weighted by atomic mass is 10.2. The lowest BCUT2D eigenvalue weighted by Gasteiger charge is -2.15. The summed E-state index contributed by atoms with van der Waals surface area (Å²) >= 11 is 0. The molecule has 0 saturated carbocycles. The van der Waals surface area contributed by atoms with E-state index in [1.54, 1.807) is 12.1 Å². The lowest BCUT2D eigenvalue weighted by Crippen LogP contribution is -2.13. The Hall–Kier alpha value is -1.05. The number of hydrogen-bond acceptors (Lipinski definition) is 1. The van der Waals surface area contributed by atoms with Crippen LogP contribution in [0, 0.1) is 5.82 Å². The zero-order valence-electron chi connectivity index (χ0n) is 8.09. The van der Waals surface area contributed by atoms with Gasteiger partial charge in [-0.2, -0.15) is 0 Å². The molecule has 0 bridgehead atoms. The van der Waals surface area contributed by atoms with Gasteiger partial charge in [0, 0.05) is 0 Å². The molecule has 0 aliphatic heterocycles.